The third-order valence-electron chi connectivity index (χ3n) is 1.74. The average Bonchev–Trinajstić information content (AvgIpc) is 2.15. The zero-order valence-corrected chi connectivity index (χ0v) is 8.09. The third kappa shape index (κ3) is 5.26. The first kappa shape index (κ1) is 13.8. The van der Waals surface area contributed by atoms with E-state index in [1.54, 1.807) is 6.08 Å². The van der Waals surface area contributed by atoms with Crippen molar-refractivity contribution in [1.82, 2.24) is 5.32 Å². The normalized spacial score (nSPS) is 15.0. The summed E-state index contributed by atoms with van der Waals surface area (Å²) in [5.41, 5.74) is 4.94. The van der Waals surface area contributed by atoms with Crippen molar-refractivity contribution in [2.75, 3.05) is 13.1 Å². The van der Waals surface area contributed by atoms with Crippen LogP contribution < -0.4 is 11.1 Å². The van der Waals surface area contributed by atoms with Crippen molar-refractivity contribution in [1.29, 1.82) is 0 Å². The van der Waals surface area contributed by atoms with Crippen LogP contribution in [0.2, 0.25) is 0 Å². The van der Waals surface area contributed by atoms with Crippen LogP contribution in [0.3, 0.4) is 0 Å². The second-order valence-electron chi connectivity index (χ2n) is 2.90. The molecule has 7 heteroatoms. The molecule has 1 atom stereocenters. The van der Waals surface area contributed by atoms with Gasteiger partial charge in [-0.25, -0.2) is 0 Å². The molecule has 0 aromatic heterocycles. The number of halogens is 3. The molecule has 0 aliphatic heterocycles. The molecular formula is C8H14F3N3O. The molecule has 4 nitrogen and oxygen atoms in total. The van der Waals surface area contributed by atoms with E-state index in [0.717, 1.165) is 0 Å². The van der Waals surface area contributed by atoms with Gasteiger partial charge in [-0.15, -0.1) is 6.58 Å². The summed E-state index contributed by atoms with van der Waals surface area (Å²) in [4.78, 5) is 0. The lowest BCUT2D eigenvalue weighted by Gasteiger charge is -2.19. The van der Waals surface area contributed by atoms with E-state index < -0.39 is 24.5 Å². The highest BCUT2D eigenvalue weighted by molar-refractivity contribution is 5.83. The Kier molecular flexibility index (Phi) is 5.76. The quantitative estimate of drug-likeness (QED) is 0.158. The van der Waals surface area contributed by atoms with E-state index in [2.05, 4.69) is 17.1 Å². The summed E-state index contributed by atoms with van der Waals surface area (Å²) in [6.07, 6.45) is -2.38. The number of oxime groups is 1. The van der Waals surface area contributed by atoms with Crippen LogP contribution in [0.25, 0.3) is 0 Å². The molecule has 0 rings (SSSR count). The topological polar surface area (TPSA) is 70.6 Å². The number of hydrogen-bond acceptors (Lipinski definition) is 3. The standard InChI is InChI=1S/C8H14F3N3O/c1-2-3-4-13-5-6(7(12)14-15)8(9,10)11/h2,6,13,15H,1,3-5H2,(H2,12,14). The van der Waals surface area contributed by atoms with Crippen molar-refractivity contribution in [2.24, 2.45) is 16.8 Å². The molecule has 0 spiro atoms. The molecular weight excluding hydrogens is 211 g/mol. The number of nitrogens with one attached hydrogen (secondary N) is 1. The maximum atomic E-state index is 12.3. The van der Waals surface area contributed by atoms with Crippen molar-refractivity contribution in [3.63, 3.8) is 0 Å². The number of alkyl halides is 3. The molecule has 1 unspecified atom stereocenters. The molecule has 0 saturated heterocycles. The molecule has 0 fully saturated rings. The van der Waals surface area contributed by atoms with E-state index in [9.17, 15) is 13.2 Å². The summed E-state index contributed by atoms with van der Waals surface area (Å²) in [5, 5.41) is 13.1. The highest BCUT2D eigenvalue weighted by Crippen LogP contribution is 2.25. The zero-order chi connectivity index (χ0) is 11.9. The smallest absolute Gasteiger partial charge is 0.400 e. The minimum atomic E-state index is -4.52. The maximum Gasteiger partial charge on any atom is 0.400 e. The van der Waals surface area contributed by atoms with Gasteiger partial charge in [0.15, 0.2) is 5.84 Å². The fraction of sp³-hybridized carbons (Fsp3) is 0.625. The van der Waals surface area contributed by atoms with Gasteiger partial charge in [0.25, 0.3) is 0 Å². The Balaban J connectivity index is 4.22. The van der Waals surface area contributed by atoms with Crippen LogP contribution in [0, 0.1) is 5.92 Å². The minimum absolute atomic E-state index is 0.370. The summed E-state index contributed by atoms with van der Waals surface area (Å²) >= 11 is 0. The molecule has 0 aromatic carbocycles. The number of amidine groups is 1. The second kappa shape index (κ2) is 6.28. The van der Waals surface area contributed by atoms with Gasteiger partial charge < -0.3 is 16.3 Å². The van der Waals surface area contributed by atoms with Crippen LogP contribution in [0.4, 0.5) is 13.2 Å². The fourth-order valence-corrected chi connectivity index (χ4v) is 0.908. The zero-order valence-electron chi connectivity index (χ0n) is 8.09. The highest BCUT2D eigenvalue weighted by Gasteiger charge is 2.42. The predicted octanol–water partition coefficient (Wildman–Crippen LogP) is 1.08. The SMILES string of the molecule is C=CCCNCC(/C(N)=N\O)C(F)(F)F. The van der Waals surface area contributed by atoms with Crippen LogP contribution in [0.5, 0.6) is 0 Å². The number of nitrogens with zero attached hydrogens (tertiary/aromatic N) is 1. The molecule has 0 aliphatic rings. The lowest BCUT2D eigenvalue weighted by Crippen LogP contribution is -2.43. The predicted molar refractivity (Wildman–Crippen MR) is 50.6 cm³/mol. The summed E-state index contributed by atoms with van der Waals surface area (Å²) in [7, 11) is 0. The molecule has 0 radical (unpaired) electrons. The Bertz CT molecular complexity index is 228. The van der Waals surface area contributed by atoms with Crippen molar-refractivity contribution in [3.05, 3.63) is 12.7 Å². The van der Waals surface area contributed by atoms with Gasteiger partial charge in [0.2, 0.25) is 0 Å². The minimum Gasteiger partial charge on any atom is -0.409 e. The van der Waals surface area contributed by atoms with Gasteiger partial charge in [-0.3, -0.25) is 0 Å². The Labute approximate surface area is 85.6 Å². The fourth-order valence-electron chi connectivity index (χ4n) is 0.908. The summed E-state index contributed by atoms with van der Waals surface area (Å²) in [6.45, 7) is 3.39. The van der Waals surface area contributed by atoms with Crippen LogP contribution in [0.15, 0.2) is 17.8 Å². The molecule has 4 N–H and O–H groups in total. The first-order chi connectivity index (χ1) is 6.93. The lowest BCUT2D eigenvalue weighted by atomic mass is 10.1. The summed E-state index contributed by atoms with van der Waals surface area (Å²) in [6, 6.07) is 0. The Morgan fingerprint density at radius 3 is 2.60 bits per heavy atom. The average molecular weight is 225 g/mol. The van der Waals surface area contributed by atoms with Gasteiger partial charge in [0, 0.05) is 6.54 Å². The molecule has 0 heterocycles. The second-order valence-corrected chi connectivity index (χ2v) is 2.90. The first-order valence-corrected chi connectivity index (χ1v) is 4.29. The summed E-state index contributed by atoms with van der Waals surface area (Å²) in [5.74, 6) is -2.80. The first-order valence-electron chi connectivity index (χ1n) is 4.29. The molecule has 0 amide bonds. The van der Waals surface area contributed by atoms with E-state index >= 15 is 0 Å². The van der Waals surface area contributed by atoms with Crippen molar-refractivity contribution >= 4 is 5.84 Å². The maximum absolute atomic E-state index is 12.3. The van der Waals surface area contributed by atoms with Crippen molar-refractivity contribution < 1.29 is 18.4 Å². The van der Waals surface area contributed by atoms with E-state index in [4.69, 9.17) is 10.9 Å². The van der Waals surface area contributed by atoms with Crippen LogP contribution in [-0.2, 0) is 0 Å². The van der Waals surface area contributed by atoms with Crippen molar-refractivity contribution in [2.45, 2.75) is 12.6 Å². The van der Waals surface area contributed by atoms with Crippen LogP contribution in [-0.4, -0.2) is 30.3 Å². The van der Waals surface area contributed by atoms with Gasteiger partial charge >= 0.3 is 6.18 Å². The monoisotopic (exact) mass is 225 g/mol. The van der Waals surface area contributed by atoms with Gasteiger partial charge in [-0.05, 0) is 13.0 Å². The van der Waals surface area contributed by atoms with E-state index in [0.29, 0.717) is 13.0 Å². The van der Waals surface area contributed by atoms with Crippen molar-refractivity contribution in [3.8, 4) is 0 Å². The molecule has 0 aliphatic carbocycles. The highest BCUT2D eigenvalue weighted by atomic mass is 19.4. The van der Waals surface area contributed by atoms with Crippen LogP contribution in [0.1, 0.15) is 6.42 Å². The van der Waals surface area contributed by atoms with Gasteiger partial charge in [-0.2, -0.15) is 13.2 Å². The van der Waals surface area contributed by atoms with Gasteiger partial charge in [0.1, 0.15) is 5.92 Å². The van der Waals surface area contributed by atoms with Crippen LogP contribution >= 0.6 is 0 Å². The van der Waals surface area contributed by atoms with E-state index in [-0.39, 0.29) is 0 Å². The molecule has 0 saturated carbocycles. The molecule has 0 bridgehead atoms. The van der Waals surface area contributed by atoms with Gasteiger partial charge in [-0.1, -0.05) is 11.2 Å². The number of nitrogens with two attached hydrogens (primary N) is 1. The summed E-state index contributed by atoms with van der Waals surface area (Å²) < 4.78 is 37.0. The largest absolute Gasteiger partial charge is 0.409 e. The molecule has 0 aromatic rings. The van der Waals surface area contributed by atoms with Gasteiger partial charge in [0.05, 0.1) is 0 Å². The van der Waals surface area contributed by atoms with E-state index in [1.165, 1.54) is 0 Å². The molecule has 15 heavy (non-hydrogen) atoms. The Morgan fingerprint density at radius 1 is 1.60 bits per heavy atom. The third-order valence-corrected chi connectivity index (χ3v) is 1.74. The number of hydrogen-bond donors (Lipinski definition) is 3. The van der Waals surface area contributed by atoms with E-state index in [1.807, 2.05) is 0 Å². The number of rotatable bonds is 6. The Hall–Kier alpha value is -1.24. The Morgan fingerprint density at radius 2 is 2.20 bits per heavy atom. The molecule has 88 valence electrons. The lowest BCUT2D eigenvalue weighted by molar-refractivity contribution is -0.154.